The highest BCUT2D eigenvalue weighted by Gasteiger charge is 2.42. The zero-order chi connectivity index (χ0) is 34.4. The molecule has 6 rings (SSSR count). The number of benzene rings is 3. The van der Waals surface area contributed by atoms with Crippen molar-refractivity contribution in [2.45, 2.75) is 61.4 Å². The first-order valence-electron chi connectivity index (χ1n) is 16.4. The van der Waals surface area contributed by atoms with Crippen molar-refractivity contribution in [1.29, 1.82) is 0 Å². The largest absolute Gasteiger partial charge is 0.480 e. The summed E-state index contributed by atoms with van der Waals surface area (Å²) in [6.45, 7) is 0.327. The van der Waals surface area contributed by atoms with Crippen LogP contribution >= 0.6 is 19.5 Å². The minimum atomic E-state index is -3.63. The lowest BCUT2D eigenvalue weighted by atomic mass is 9.98. The van der Waals surface area contributed by atoms with Crippen molar-refractivity contribution >= 4 is 43.3 Å². The van der Waals surface area contributed by atoms with E-state index in [1.54, 1.807) is 24.3 Å². The van der Waals surface area contributed by atoms with Crippen molar-refractivity contribution in [2.75, 3.05) is 31.2 Å². The van der Waals surface area contributed by atoms with Crippen molar-refractivity contribution in [3.8, 4) is 11.1 Å². The number of amides is 3. The summed E-state index contributed by atoms with van der Waals surface area (Å²) >= 11 is 1.88. The predicted molar refractivity (Wildman–Crippen MR) is 188 cm³/mol. The van der Waals surface area contributed by atoms with Gasteiger partial charge in [0.05, 0.1) is 18.7 Å². The molecule has 3 amide bonds. The number of ether oxygens (including phenoxy) is 1. The number of carbonyl (C=O) groups is 3. The Morgan fingerprint density at radius 2 is 1.67 bits per heavy atom. The monoisotopic (exact) mass is 708 g/mol. The molecule has 5 atom stereocenters. The molecule has 2 saturated heterocycles. The van der Waals surface area contributed by atoms with Crippen LogP contribution in [0.15, 0.2) is 72.8 Å². The molecule has 260 valence electrons. The van der Waals surface area contributed by atoms with E-state index in [0.717, 1.165) is 47.3 Å². The Bertz CT molecular complexity index is 1660. The van der Waals surface area contributed by atoms with Crippen LogP contribution in [0.2, 0.25) is 0 Å². The second kappa shape index (κ2) is 15.7. The summed E-state index contributed by atoms with van der Waals surface area (Å²) in [4.78, 5) is 36.3. The molecule has 14 heteroatoms. The van der Waals surface area contributed by atoms with Gasteiger partial charge < -0.3 is 25.8 Å². The van der Waals surface area contributed by atoms with Crippen molar-refractivity contribution < 1.29 is 37.8 Å². The number of anilines is 1. The van der Waals surface area contributed by atoms with Gasteiger partial charge in [-0.05, 0) is 52.8 Å². The maximum atomic E-state index is 13.2. The van der Waals surface area contributed by atoms with E-state index >= 15 is 0 Å². The molecule has 12 nitrogen and oxygen atoms in total. The number of aliphatic carboxylic acids is 1. The van der Waals surface area contributed by atoms with Gasteiger partial charge in [0.25, 0.3) is 0 Å². The number of hydrogen-bond donors (Lipinski definition) is 5. The Morgan fingerprint density at radius 3 is 2.35 bits per heavy atom. The van der Waals surface area contributed by atoms with Crippen molar-refractivity contribution in [3.05, 3.63) is 89.5 Å². The van der Waals surface area contributed by atoms with Gasteiger partial charge in [-0.3, -0.25) is 14.1 Å². The third kappa shape index (κ3) is 8.41. The smallest absolute Gasteiger partial charge is 0.432 e. The maximum Gasteiger partial charge on any atom is 0.432 e. The number of hydrogen-bond acceptors (Lipinski definition) is 8. The third-order valence-corrected chi connectivity index (χ3v) is 12.2. The first-order chi connectivity index (χ1) is 23.7. The van der Waals surface area contributed by atoms with Crippen LogP contribution in [0.5, 0.6) is 0 Å². The number of alkyl carbamates (subject to hydrolysis) is 1. The van der Waals surface area contributed by atoms with E-state index < -0.39 is 25.9 Å². The predicted octanol–water partition coefficient (Wildman–Crippen LogP) is 6.13. The Kier molecular flexibility index (Phi) is 11.1. The number of carbonyl (C=O) groups excluding carboxylic acids is 2. The molecule has 1 aliphatic carbocycles. The number of carboxylic acid groups (broad SMARTS) is 1. The lowest BCUT2D eigenvalue weighted by molar-refractivity contribution is -0.139. The number of rotatable bonds is 16. The molecular formula is C35H41N4O8PS. The second-order valence-corrected chi connectivity index (χ2v) is 15.5. The lowest BCUT2D eigenvalue weighted by Crippen LogP contribution is -2.42. The summed E-state index contributed by atoms with van der Waals surface area (Å²) in [5.41, 5.74) is 5.45. The Balaban J connectivity index is 0.937. The van der Waals surface area contributed by atoms with Crippen molar-refractivity contribution in [1.82, 2.24) is 16.0 Å². The highest BCUT2D eigenvalue weighted by molar-refractivity contribution is 8.00. The SMILES string of the molecule is COP(=O)(Nc1ccc(C[C@H](NC(=O)OCC2c3ccccc3-c3ccccc32)C(=O)O)cc1)OCCCCC[C@@H]1SC[C@@H]2NC(=O)N[C@@H]21. The van der Waals surface area contributed by atoms with Crippen LogP contribution in [0, 0.1) is 0 Å². The highest BCUT2D eigenvalue weighted by atomic mass is 32.2. The molecule has 5 N–H and O–H groups in total. The summed E-state index contributed by atoms with van der Waals surface area (Å²) in [7, 11) is -2.31. The van der Waals surface area contributed by atoms with E-state index in [0.29, 0.717) is 22.9 Å². The van der Waals surface area contributed by atoms with Crippen LogP contribution in [0.25, 0.3) is 11.1 Å². The lowest BCUT2D eigenvalue weighted by Gasteiger charge is -2.19. The quantitative estimate of drug-likeness (QED) is 0.0665. The molecule has 1 unspecified atom stereocenters. The summed E-state index contributed by atoms with van der Waals surface area (Å²) in [6, 6.07) is 21.7. The van der Waals surface area contributed by atoms with Gasteiger partial charge in [-0.1, -0.05) is 73.5 Å². The molecule has 2 aliphatic heterocycles. The number of unbranched alkanes of at least 4 members (excludes halogenated alkanes) is 2. The average Bonchev–Trinajstić information content (AvgIpc) is 3.76. The standard InChI is InChI=1S/C35H41N4O8PS/c1-45-48(44,47-18-8-2-3-13-31-32-30(21-49-31)36-34(42)38-32)39-23-16-14-22(15-17-23)19-29(33(40)41)37-35(43)46-20-28-26-11-6-4-9-24(26)25-10-5-7-12-27(25)28/h4-7,9-12,14-17,28-32H,2-3,8,13,18-21H2,1H3,(H,37,43)(H,39,44)(H,40,41)(H2,36,38,42)/t29-,30-,31-,32-,48?/m0/s1. The zero-order valence-electron chi connectivity index (χ0n) is 27.1. The van der Waals surface area contributed by atoms with Gasteiger partial charge in [0.2, 0.25) is 0 Å². The molecule has 0 aromatic heterocycles. The number of fused-ring (bicyclic) bond motifs is 4. The van der Waals surface area contributed by atoms with Gasteiger partial charge in [0, 0.05) is 36.1 Å². The Labute approximate surface area is 289 Å². The van der Waals surface area contributed by atoms with Crippen LogP contribution in [0.1, 0.15) is 48.3 Å². The molecule has 2 fully saturated rings. The van der Waals surface area contributed by atoms with Crippen LogP contribution in [-0.2, 0) is 29.6 Å². The van der Waals surface area contributed by atoms with Gasteiger partial charge in [0.15, 0.2) is 0 Å². The van der Waals surface area contributed by atoms with Crippen molar-refractivity contribution in [3.63, 3.8) is 0 Å². The average molecular weight is 709 g/mol. The van der Waals surface area contributed by atoms with E-state index in [1.807, 2.05) is 60.3 Å². The Morgan fingerprint density at radius 1 is 0.980 bits per heavy atom. The van der Waals surface area contributed by atoms with Gasteiger partial charge in [-0.25, -0.2) is 18.9 Å². The normalized spacial score (nSPS) is 21.0. The number of thioether (sulfide) groups is 1. The highest BCUT2D eigenvalue weighted by Crippen LogP contribution is 2.47. The third-order valence-electron chi connectivity index (χ3n) is 9.17. The molecule has 3 aromatic rings. The summed E-state index contributed by atoms with van der Waals surface area (Å²) in [5.74, 6) is -0.403. The summed E-state index contributed by atoms with van der Waals surface area (Å²) in [5, 5.41) is 21.5. The first-order valence-corrected chi connectivity index (χ1v) is 19.0. The Hall–Kier alpha value is -4.03. The molecular weight excluding hydrogens is 667 g/mol. The molecule has 3 aromatic carbocycles. The van der Waals surface area contributed by atoms with E-state index in [1.165, 1.54) is 7.11 Å². The minimum Gasteiger partial charge on any atom is -0.480 e. The molecule has 0 spiro atoms. The van der Waals surface area contributed by atoms with Crippen LogP contribution in [0.4, 0.5) is 15.3 Å². The maximum absolute atomic E-state index is 13.2. The van der Waals surface area contributed by atoms with E-state index in [9.17, 15) is 24.1 Å². The van der Waals surface area contributed by atoms with E-state index in [2.05, 4.69) is 21.0 Å². The number of carboxylic acids is 1. The van der Waals surface area contributed by atoms with E-state index in [-0.39, 0.29) is 43.7 Å². The van der Waals surface area contributed by atoms with Gasteiger partial charge >= 0.3 is 25.8 Å². The van der Waals surface area contributed by atoms with Crippen molar-refractivity contribution in [2.24, 2.45) is 0 Å². The summed E-state index contributed by atoms with van der Waals surface area (Å²) in [6.07, 6.45) is 2.77. The van der Waals surface area contributed by atoms with Gasteiger partial charge in [0.1, 0.15) is 12.6 Å². The fraction of sp³-hybridized carbons (Fsp3) is 0.400. The molecule has 49 heavy (non-hydrogen) atoms. The number of nitrogens with one attached hydrogen (secondary N) is 4. The number of urea groups is 1. The van der Waals surface area contributed by atoms with Gasteiger partial charge in [-0.2, -0.15) is 11.8 Å². The fourth-order valence-electron chi connectivity index (χ4n) is 6.67. The first kappa shape index (κ1) is 34.8. The molecule has 0 radical (unpaired) electrons. The summed E-state index contributed by atoms with van der Waals surface area (Å²) < 4.78 is 29.5. The van der Waals surface area contributed by atoms with Crippen LogP contribution < -0.4 is 21.0 Å². The van der Waals surface area contributed by atoms with Crippen LogP contribution in [-0.4, -0.2) is 72.7 Å². The molecule has 0 bridgehead atoms. The molecule has 3 aliphatic rings. The molecule has 2 heterocycles. The fourth-order valence-corrected chi connectivity index (χ4v) is 9.31. The second-order valence-electron chi connectivity index (χ2n) is 12.4. The minimum absolute atomic E-state index is 0.0158. The topological polar surface area (TPSA) is 164 Å². The van der Waals surface area contributed by atoms with Crippen LogP contribution in [0.3, 0.4) is 0 Å². The zero-order valence-corrected chi connectivity index (χ0v) is 28.8. The molecule has 0 saturated carbocycles. The van der Waals surface area contributed by atoms with Gasteiger partial charge in [-0.15, -0.1) is 0 Å². The van der Waals surface area contributed by atoms with E-state index in [4.69, 9.17) is 13.8 Å².